The van der Waals surface area contributed by atoms with Crippen molar-refractivity contribution >= 4 is 11.8 Å². The zero-order valence-electron chi connectivity index (χ0n) is 7.91. The van der Waals surface area contributed by atoms with Crippen LogP contribution in [0.1, 0.15) is 17.2 Å². The van der Waals surface area contributed by atoms with Gasteiger partial charge in [0.05, 0.1) is 5.69 Å². The van der Waals surface area contributed by atoms with E-state index in [9.17, 15) is 4.79 Å². The van der Waals surface area contributed by atoms with Gasteiger partial charge < -0.3 is 4.74 Å². The zero-order valence-corrected chi connectivity index (χ0v) is 7.91. The largest absolute Gasteiger partial charge is 0.437 e. The summed E-state index contributed by atoms with van der Waals surface area (Å²) in [5.74, 6) is 0. The predicted octanol–water partition coefficient (Wildman–Crippen LogP) is 2.78. The molecule has 1 aliphatic rings. The average Bonchev–Trinajstić information content (AvgIpc) is 2.15. The molecule has 1 aromatic rings. The molecular formula is C11H11NO2. The van der Waals surface area contributed by atoms with Crippen molar-refractivity contribution in [1.29, 1.82) is 0 Å². The first-order chi connectivity index (χ1) is 6.70. The Morgan fingerprint density at radius 3 is 3.07 bits per heavy atom. The van der Waals surface area contributed by atoms with Crippen LogP contribution < -0.4 is 5.32 Å². The number of hydrogen-bond acceptors (Lipinski definition) is 2. The molecule has 0 saturated carbocycles. The van der Waals surface area contributed by atoms with Crippen LogP contribution in [0.25, 0.3) is 0 Å². The Hall–Kier alpha value is -1.77. The molecule has 0 saturated heterocycles. The SMILES string of the molecule is C=CC1OC(=O)Nc2cc(C)ccc21. The van der Waals surface area contributed by atoms with Gasteiger partial charge >= 0.3 is 6.09 Å². The molecule has 0 aliphatic carbocycles. The maximum atomic E-state index is 11.1. The number of cyclic esters (lactones) is 1. The van der Waals surface area contributed by atoms with E-state index in [1.165, 1.54) is 0 Å². The Morgan fingerprint density at radius 2 is 2.36 bits per heavy atom. The third-order valence-corrected chi connectivity index (χ3v) is 2.20. The number of rotatable bonds is 1. The first-order valence-corrected chi connectivity index (χ1v) is 4.41. The Labute approximate surface area is 82.4 Å². The quantitative estimate of drug-likeness (QED) is 0.690. The van der Waals surface area contributed by atoms with E-state index in [0.29, 0.717) is 0 Å². The maximum Gasteiger partial charge on any atom is 0.412 e. The van der Waals surface area contributed by atoms with Crippen LogP contribution in [0, 0.1) is 6.92 Å². The molecule has 0 radical (unpaired) electrons. The second-order valence-corrected chi connectivity index (χ2v) is 3.28. The molecule has 1 aromatic carbocycles. The summed E-state index contributed by atoms with van der Waals surface area (Å²) in [6, 6.07) is 5.85. The lowest BCUT2D eigenvalue weighted by atomic mass is 10.0. The molecule has 0 spiro atoms. The molecule has 3 heteroatoms. The first-order valence-electron chi connectivity index (χ1n) is 4.41. The summed E-state index contributed by atoms with van der Waals surface area (Å²) < 4.78 is 5.03. The van der Waals surface area contributed by atoms with Gasteiger partial charge in [-0.15, -0.1) is 0 Å². The molecule has 1 atom stereocenters. The number of ether oxygens (including phenoxy) is 1. The van der Waals surface area contributed by atoms with Crippen molar-refractivity contribution in [2.45, 2.75) is 13.0 Å². The standard InChI is InChI=1S/C11H11NO2/c1-3-10-8-5-4-7(2)6-9(8)12-11(13)14-10/h3-6,10H,1H2,2H3,(H,12,13). The number of amides is 1. The van der Waals surface area contributed by atoms with Crippen LogP contribution in [-0.2, 0) is 4.74 Å². The molecule has 3 nitrogen and oxygen atoms in total. The molecule has 1 aliphatic heterocycles. The number of carbonyl (C=O) groups excluding carboxylic acids is 1. The molecule has 1 unspecified atom stereocenters. The van der Waals surface area contributed by atoms with Crippen LogP contribution in [0.2, 0.25) is 0 Å². The molecule has 0 fully saturated rings. The summed E-state index contributed by atoms with van der Waals surface area (Å²) in [7, 11) is 0. The average molecular weight is 189 g/mol. The lowest BCUT2D eigenvalue weighted by Gasteiger charge is -2.24. The highest BCUT2D eigenvalue weighted by molar-refractivity contribution is 5.88. The van der Waals surface area contributed by atoms with Crippen LogP contribution in [0.3, 0.4) is 0 Å². The monoisotopic (exact) mass is 189 g/mol. The normalized spacial score (nSPS) is 19.2. The van der Waals surface area contributed by atoms with Gasteiger partial charge in [-0.2, -0.15) is 0 Å². The second kappa shape index (κ2) is 3.18. The van der Waals surface area contributed by atoms with E-state index in [1.807, 2.05) is 25.1 Å². The highest BCUT2D eigenvalue weighted by Crippen LogP contribution is 2.31. The number of fused-ring (bicyclic) bond motifs is 1. The smallest absolute Gasteiger partial charge is 0.412 e. The van der Waals surface area contributed by atoms with Crippen molar-refractivity contribution in [3.63, 3.8) is 0 Å². The van der Waals surface area contributed by atoms with Gasteiger partial charge in [0, 0.05) is 5.56 Å². The first kappa shape index (κ1) is 8.81. The summed E-state index contributed by atoms with van der Waals surface area (Å²) in [4.78, 5) is 11.1. The number of aryl methyl sites for hydroxylation is 1. The van der Waals surface area contributed by atoms with Crippen LogP contribution >= 0.6 is 0 Å². The van der Waals surface area contributed by atoms with E-state index < -0.39 is 6.09 Å². The molecule has 72 valence electrons. The number of carbonyl (C=O) groups is 1. The highest BCUT2D eigenvalue weighted by atomic mass is 16.6. The van der Waals surface area contributed by atoms with Gasteiger partial charge in [-0.3, -0.25) is 5.32 Å². The Bertz CT molecular complexity index is 398. The molecule has 1 amide bonds. The van der Waals surface area contributed by atoms with E-state index in [2.05, 4.69) is 11.9 Å². The van der Waals surface area contributed by atoms with Crippen molar-refractivity contribution < 1.29 is 9.53 Å². The molecule has 0 aromatic heterocycles. The van der Waals surface area contributed by atoms with Crippen molar-refractivity contribution in [2.24, 2.45) is 0 Å². The fraction of sp³-hybridized carbons (Fsp3) is 0.182. The van der Waals surface area contributed by atoms with Gasteiger partial charge in [0.1, 0.15) is 6.10 Å². The van der Waals surface area contributed by atoms with E-state index >= 15 is 0 Å². The molecule has 2 rings (SSSR count). The minimum absolute atomic E-state index is 0.334. The van der Waals surface area contributed by atoms with Gasteiger partial charge in [0.15, 0.2) is 0 Å². The summed E-state index contributed by atoms with van der Waals surface area (Å²) in [6.07, 6.45) is 0.861. The van der Waals surface area contributed by atoms with Gasteiger partial charge in [0.2, 0.25) is 0 Å². The zero-order chi connectivity index (χ0) is 10.1. The second-order valence-electron chi connectivity index (χ2n) is 3.28. The third-order valence-electron chi connectivity index (χ3n) is 2.20. The fourth-order valence-corrected chi connectivity index (χ4v) is 1.52. The minimum Gasteiger partial charge on any atom is -0.437 e. The third kappa shape index (κ3) is 1.37. The lowest BCUT2D eigenvalue weighted by molar-refractivity contribution is 0.130. The summed E-state index contributed by atoms with van der Waals surface area (Å²) in [5.41, 5.74) is 2.87. The molecule has 0 bridgehead atoms. The maximum absolute atomic E-state index is 11.1. The fourth-order valence-electron chi connectivity index (χ4n) is 1.52. The Balaban J connectivity index is 2.50. The van der Waals surface area contributed by atoms with E-state index in [4.69, 9.17) is 4.74 Å². The predicted molar refractivity (Wildman–Crippen MR) is 54.2 cm³/mol. The molecule has 1 heterocycles. The molecule has 14 heavy (non-hydrogen) atoms. The van der Waals surface area contributed by atoms with E-state index in [0.717, 1.165) is 16.8 Å². The van der Waals surface area contributed by atoms with Gasteiger partial charge in [-0.25, -0.2) is 4.79 Å². The number of nitrogens with one attached hydrogen (secondary N) is 1. The summed E-state index contributed by atoms with van der Waals surface area (Å²) in [5, 5.41) is 2.66. The molecule has 1 N–H and O–H groups in total. The van der Waals surface area contributed by atoms with Crippen molar-refractivity contribution in [3.8, 4) is 0 Å². The Morgan fingerprint density at radius 1 is 1.57 bits per heavy atom. The van der Waals surface area contributed by atoms with Crippen molar-refractivity contribution in [3.05, 3.63) is 42.0 Å². The van der Waals surface area contributed by atoms with Crippen molar-refractivity contribution in [1.82, 2.24) is 0 Å². The minimum atomic E-state index is -0.423. The van der Waals surface area contributed by atoms with E-state index in [1.54, 1.807) is 6.08 Å². The van der Waals surface area contributed by atoms with Crippen LogP contribution in [0.15, 0.2) is 30.9 Å². The Kier molecular flexibility index (Phi) is 2.00. The van der Waals surface area contributed by atoms with Crippen molar-refractivity contribution in [2.75, 3.05) is 5.32 Å². The number of benzene rings is 1. The topological polar surface area (TPSA) is 38.3 Å². The van der Waals surface area contributed by atoms with Crippen LogP contribution in [0.4, 0.5) is 10.5 Å². The summed E-state index contributed by atoms with van der Waals surface area (Å²) >= 11 is 0. The van der Waals surface area contributed by atoms with E-state index in [-0.39, 0.29) is 6.10 Å². The number of anilines is 1. The van der Waals surface area contributed by atoms with Gasteiger partial charge in [-0.1, -0.05) is 18.7 Å². The van der Waals surface area contributed by atoms with Crippen LogP contribution in [-0.4, -0.2) is 6.09 Å². The van der Waals surface area contributed by atoms with Gasteiger partial charge in [-0.05, 0) is 24.6 Å². The van der Waals surface area contributed by atoms with Gasteiger partial charge in [0.25, 0.3) is 0 Å². The lowest BCUT2D eigenvalue weighted by Crippen LogP contribution is -2.23. The van der Waals surface area contributed by atoms with Crippen LogP contribution in [0.5, 0.6) is 0 Å². The summed E-state index contributed by atoms with van der Waals surface area (Å²) in [6.45, 7) is 5.61. The molecular weight excluding hydrogens is 178 g/mol. The highest BCUT2D eigenvalue weighted by Gasteiger charge is 2.23. The number of hydrogen-bond donors (Lipinski definition) is 1.